The Bertz CT molecular complexity index is 543. The summed E-state index contributed by atoms with van der Waals surface area (Å²) in [5.41, 5.74) is 5.49. The summed E-state index contributed by atoms with van der Waals surface area (Å²) in [7, 11) is 3.66. The van der Waals surface area contributed by atoms with Crippen molar-refractivity contribution in [3.63, 3.8) is 0 Å². The number of hydrogen-bond donors (Lipinski definition) is 2. The zero-order valence-electron chi connectivity index (χ0n) is 11.9. The molecule has 0 saturated heterocycles. The van der Waals surface area contributed by atoms with Crippen molar-refractivity contribution in [3.05, 3.63) is 23.1 Å². The van der Waals surface area contributed by atoms with Gasteiger partial charge in [0.05, 0.1) is 24.2 Å². The summed E-state index contributed by atoms with van der Waals surface area (Å²) >= 11 is 0. The number of nitrogens with zero attached hydrogens (tertiary/aromatic N) is 3. The fourth-order valence-corrected chi connectivity index (χ4v) is 2.19. The number of methoxy groups -OCH3 is 1. The Morgan fingerprint density at radius 2 is 2.21 bits per heavy atom. The molecular weight excluding hydrogens is 242 g/mol. The van der Waals surface area contributed by atoms with Crippen LogP contribution in [0.15, 0.2) is 6.20 Å². The molecule has 2 aromatic rings. The van der Waals surface area contributed by atoms with E-state index in [1.807, 2.05) is 24.9 Å². The lowest BCUT2D eigenvalue weighted by molar-refractivity contribution is 0.199. The van der Waals surface area contributed by atoms with Gasteiger partial charge in [0.2, 0.25) is 0 Å². The Labute approximate surface area is 113 Å². The smallest absolute Gasteiger partial charge is 0.0732 e. The average Bonchev–Trinajstić information content (AvgIpc) is 2.91. The van der Waals surface area contributed by atoms with E-state index in [-0.39, 0.29) is 0 Å². The van der Waals surface area contributed by atoms with Gasteiger partial charge in [0.25, 0.3) is 0 Å². The second-order valence-electron chi connectivity index (χ2n) is 4.61. The molecule has 0 unspecified atom stereocenters. The highest BCUT2D eigenvalue weighted by molar-refractivity contribution is 5.67. The average molecular weight is 263 g/mol. The molecule has 6 heteroatoms. The van der Waals surface area contributed by atoms with Gasteiger partial charge in [0.15, 0.2) is 0 Å². The lowest BCUT2D eigenvalue weighted by Crippen LogP contribution is -2.18. The van der Waals surface area contributed by atoms with Gasteiger partial charge >= 0.3 is 0 Å². The molecule has 0 aliphatic rings. The Hall–Kier alpha value is -1.66. The van der Waals surface area contributed by atoms with Crippen molar-refractivity contribution in [2.45, 2.75) is 20.4 Å². The molecule has 0 saturated carbocycles. The number of rotatable bonds is 6. The monoisotopic (exact) mass is 263 g/mol. The second-order valence-corrected chi connectivity index (χ2v) is 4.61. The van der Waals surface area contributed by atoms with E-state index in [2.05, 4.69) is 27.5 Å². The fourth-order valence-electron chi connectivity index (χ4n) is 2.19. The molecule has 2 rings (SSSR count). The van der Waals surface area contributed by atoms with Crippen LogP contribution in [0.1, 0.15) is 17.0 Å². The van der Waals surface area contributed by atoms with Gasteiger partial charge in [-0.25, -0.2) is 0 Å². The number of aromatic nitrogens is 4. The van der Waals surface area contributed by atoms with Crippen LogP contribution < -0.4 is 5.32 Å². The van der Waals surface area contributed by atoms with Crippen molar-refractivity contribution in [1.29, 1.82) is 0 Å². The third-order valence-electron chi connectivity index (χ3n) is 3.28. The van der Waals surface area contributed by atoms with Crippen molar-refractivity contribution >= 4 is 0 Å². The highest BCUT2D eigenvalue weighted by atomic mass is 16.5. The maximum absolute atomic E-state index is 5.02. The summed E-state index contributed by atoms with van der Waals surface area (Å²) in [6.07, 6.45) is 1.86. The lowest BCUT2D eigenvalue weighted by atomic mass is 10.1. The first-order chi connectivity index (χ1) is 9.15. The quantitative estimate of drug-likeness (QED) is 0.768. The van der Waals surface area contributed by atoms with Gasteiger partial charge in [-0.2, -0.15) is 10.2 Å². The number of H-pyrrole nitrogens is 1. The molecule has 2 aromatic heterocycles. The van der Waals surface area contributed by atoms with Crippen LogP contribution in [0.5, 0.6) is 0 Å². The van der Waals surface area contributed by atoms with E-state index >= 15 is 0 Å². The molecule has 0 amide bonds. The van der Waals surface area contributed by atoms with Crippen LogP contribution in [0.25, 0.3) is 11.3 Å². The van der Waals surface area contributed by atoms with Crippen molar-refractivity contribution in [2.75, 3.05) is 20.3 Å². The molecular formula is C13H21N5O. The predicted molar refractivity (Wildman–Crippen MR) is 73.8 cm³/mol. The molecule has 0 aliphatic carbocycles. The Morgan fingerprint density at radius 3 is 2.84 bits per heavy atom. The normalized spacial score (nSPS) is 11.2. The highest BCUT2D eigenvalue weighted by Gasteiger charge is 2.16. The number of ether oxygens (including phenoxy) is 1. The Balaban J connectivity index is 2.19. The third kappa shape index (κ3) is 2.85. The molecule has 0 atom stereocenters. The zero-order chi connectivity index (χ0) is 13.8. The molecule has 2 N–H and O–H groups in total. The van der Waals surface area contributed by atoms with Gasteiger partial charge in [0.1, 0.15) is 0 Å². The maximum atomic E-state index is 5.02. The van der Waals surface area contributed by atoms with E-state index in [4.69, 9.17) is 4.74 Å². The van der Waals surface area contributed by atoms with E-state index in [1.165, 1.54) is 0 Å². The minimum atomic E-state index is 0.706. The molecule has 0 aliphatic heterocycles. The van der Waals surface area contributed by atoms with Crippen LogP contribution >= 0.6 is 0 Å². The second kappa shape index (κ2) is 5.99. The minimum Gasteiger partial charge on any atom is -0.383 e. The summed E-state index contributed by atoms with van der Waals surface area (Å²) in [6.45, 7) is 6.39. The van der Waals surface area contributed by atoms with Crippen molar-refractivity contribution in [1.82, 2.24) is 25.3 Å². The first kappa shape index (κ1) is 13.8. The number of aromatic amines is 1. The minimum absolute atomic E-state index is 0.706. The van der Waals surface area contributed by atoms with E-state index in [9.17, 15) is 0 Å². The third-order valence-corrected chi connectivity index (χ3v) is 3.28. The topological polar surface area (TPSA) is 67.8 Å². The van der Waals surface area contributed by atoms with Crippen molar-refractivity contribution in [2.24, 2.45) is 7.05 Å². The van der Waals surface area contributed by atoms with E-state index in [0.29, 0.717) is 6.61 Å². The first-order valence-electron chi connectivity index (χ1n) is 6.37. The SMILES string of the molecule is COCCNCc1cn[nH]c1-c1c(C)nn(C)c1C. The van der Waals surface area contributed by atoms with Gasteiger partial charge in [-0.3, -0.25) is 9.78 Å². The van der Waals surface area contributed by atoms with Crippen LogP contribution in [0.3, 0.4) is 0 Å². The maximum Gasteiger partial charge on any atom is 0.0732 e. The van der Waals surface area contributed by atoms with Crippen LogP contribution in [0, 0.1) is 13.8 Å². The number of hydrogen-bond acceptors (Lipinski definition) is 4. The molecule has 104 valence electrons. The van der Waals surface area contributed by atoms with Crippen molar-refractivity contribution < 1.29 is 4.74 Å². The Morgan fingerprint density at radius 1 is 1.42 bits per heavy atom. The van der Waals surface area contributed by atoms with Crippen LogP contribution in [0.2, 0.25) is 0 Å². The summed E-state index contributed by atoms with van der Waals surface area (Å²) in [6, 6.07) is 0. The summed E-state index contributed by atoms with van der Waals surface area (Å²) < 4.78 is 6.91. The predicted octanol–water partition coefficient (Wildman–Crippen LogP) is 1.16. The van der Waals surface area contributed by atoms with Crippen LogP contribution in [-0.4, -0.2) is 40.2 Å². The van der Waals surface area contributed by atoms with Gasteiger partial charge in [-0.05, 0) is 13.8 Å². The summed E-state index contributed by atoms with van der Waals surface area (Å²) in [4.78, 5) is 0. The lowest BCUT2D eigenvalue weighted by Gasteiger charge is -2.06. The van der Waals surface area contributed by atoms with E-state index < -0.39 is 0 Å². The first-order valence-corrected chi connectivity index (χ1v) is 6.37. The van der Waals surface area contributed by atoms with Gasteiger partial charge in [-0.1, -0.05) is 0 Å². The molecule has 0 aromatic carbocycles. The molecule has 6 nitrogen and oxygen atoms in total. The van der Waals surface area contributed by atoms with Crippen molar-refractivity contribution in [3.8, 4) is 11.3 Å². The Kier molecular flexibility index (Phi) is 4.34. The molecule has 0 fully saturated rings. The van der Waals surface area contributed by atoms with Gasteiger partial charge in [-0.15, -0.1) is 0 Å². The highest BCUT2D eigenvalue weighted by Crippen LogP contribution is 2.27. The molecule has 2 heterocycles. The van der Waals surface area contributed by atoms with Crippen LogP contribution in [0.4, 0.5) is 0 Å². The van der Waals surface area contributed by atoms with E-state index in [0.717, 1.165) is 41.3 Å². The zero-order valence-corrected chi connectivity index (χ0v) is 11.9. The summed E-state index contributed by atoms with van der Waals surface area (Å²) in [5, 5.41) is 15.0. The fraction of sp³-hybridized carbons (Fsp3) is 0.538. The van der Waals surface area contributed by atoms with Crippen LogP contribution in [-0.2, 0) is 18.3 Å². The van der Waals surface area contributed by atoms with E-state index in [1.54, 1.807) is 7.11 Å². The summed E-state index contributed by atoms with van der Waals surface area (Å²) in [5.74, 6) is 0. The number of aryl methyl sites for hydroxylation is 2. The molecule has 0 bridgehead atoms. The molecule has 0 radical (unpaired) electrons. The van der Waals surface area contributed by atoms with Gasteiger partial charge in [0, 0.05) is 44.1 Å². The molecule has 19 heavy (non-hydrogen) atoms. The molecule has 0 spiro atoms. The van der Waals surface area contributed by atoms with Gasteiger partial charge < -0.3 is 10.1 Å². The largest absolute Gasteiger partial charge is 0.383 e. The standard InChI is InChI=1S/C13H21N5O/c1-9-12(10(2)18(3)17-9)13-11(8-15-16-13)7-14-5-6-19-4/h8,14H,5-7H2,1-4H3,(H,15,16). The number of nitrogens with one attached hydrogen (secondary N) is 2.